The highest BCUT2D eigenvalue weighted by molar-refractivity contribution is 8.09. The lowest BCUT2D eigenvalue weighted by Crippen LogP contribution is -2.46. The summed E-state index contributed by atoms with van der Waals surface area (Å²) in [5.41, 5.74) is 6.94. The first kappa shape index (κ1) is 31.9. The minimum atomic E-state index is -4.66. The molecule has 7 heterocycles. The minimum Gasteiger partial charge on any atom is -0.387 e. The highest BCUT2D eigenvalue weighted by Gasteiger charge is 2.67. The van der Waals surface area contributed by atoms with Crippen LogP contribution in [0.5, 0.6) is 0 Å². The number of fused-ring (bicyclic) bond motifs is 4. The molecule has 9 atom stereocenters. The summed E-state index contributed by atoms with van der Waals surface area (Å²) in [4.78, 5) is 55.8. The van der Waals surface area contributed by atoms with Crippen LogP contribution in [0.25, 0.3) is 22.3 Å². The van der Waals surface area contributed by atoms with Gasteiger partial charge in [-0.3, -0.25) is 18.9 Å². The fraction of sp³-hybridized carbons (Fsp3) is 0.524. The van der Waals surface area contributed by atoms with Gasteiger partial charge in [0.25, 0.3) is 11.5 Å². The van der Waals surface area contributed by atoms with Gasteiger partial charge >= 0.3 is 0 Å². The van der Waals surface area contributed by atoms with Crippen molar-refractivity contribution in [3.05, 3.63) is 29.3 Å². The molecule has 46 heavy (non-hydrogen) atoms. The quantitative estimate of drug-likeness (QED) is 0.112. The molecule has 2 unspecified atom stereocenters. The zero-order chi connectivity index (χ0) is 32.8. The zero-order valence-electron chi connectivity index (χ0n) is 22.9. The molecule has 19 nitrogen and oxygen atoms in total. The van der Waals surface area contributed by atoms with Gasteiger partial charge < -0.3 is 49.6 Å². The fourth-order valence-corrected chi connectivity index (χ4v) is 8.91. The van der Waals surface area contributed by atoms with Crippen LogP contribution in [0.15, 0.2) is 23.8 Å². The molecule has 25 heteroatoms. The topological polar surface area (TPSA) is 266 Å². The van der Waals surface area contributed by atoms with Crippen LogP contribution in [0.2, 0.25) is 0 Å². The maximum Gasteiger partial charge on any atom is 0.292 e. The third-order valence-electron chi connectivity index (χ3n) is 7.99. The van der Waals surface area contributed by atoms with Crippen LogP contribution in [0.4, 0.5) is 20.5 Å². The van der Waals surface area contributed by atoms with Crippen molar-refractivity contribution in [3.8, 4) is 0 Å². The minimum absolute atomic E-state index is 0.113. The second kappa shape index (κ2) is 11.2. The molecule has 7 rings (SSSR count). The first-order valence-corrected chi connectivity index (χ1v) is 18.5. The van der Waals surface area contributed by atoms with Crippen molar-refractivity contribution < 1.29 is 46.9 Å². The van der Waals surface area contributed by atoms with Gasteiger partial charge in [-0.05, 0) is 23.6 Å². The van der Waals surface area contributed by atoms with E-state index in [1.165, 1.54) is 17.2 Å². The van der Waals surface area contributed by atoms with Gasteiger partial charge in [0.05, 0.1) is 32.5 Å². The summed E-state index contributed by atoms with van der Waals surface area (Å²) in [5.74, 6) is -4.18. The molecule has 0 aromatic carbocycles. The Labute approximate surface area is 265 Å². The van der Waals surface area contributed by atoms with E-state index < -0.39 is 80.4 Å². The number of nitrogens with zero attached hydrogens (tertiary/aromatic N) is 7. The molecule has 0 amide bonds. The van der Waals surface area contributed by atoms with Crippen molar-refractivity contribution in [2.45, 2.75) is 48.0 Å². The number of alkyl halides is 2. The SMILES string of the molecule is Nc1nc2c(ncn2[C@@H]2O[C@H](CO[PH](O)=S)C(F)(F)[C@H]2P(O)(=S)OC[C@@]23CO[C@@H]([C@H](n4cnc5c(N)ncnc54)O2)[C@@H]3O)c(=O)[nH]1. The number of rotatable bonds is 9. The van der Waals surface area contributed by atoms with Crippen molar-refractivity contribution in [2.24, 2.45) is 0 Å². The van der Waals surface area contributed by atoms with E-state index in [0.717, 1.165) is 10.9 Å². The third kappa shape index (κ3) is 4.97. The summed E-state index contributed by atoms with van der Waals surface area (Å²) in [7, 11) is -2.83. The summed E-state index contributed by atoms with van der Waals surface area (Å²) < 4.78 is 62.9. The first-order valence-electron chi connectivity index (χ1n) is 13.2. The molecule has 0 saturated carbocycles. The Hall–Kier alpha value is -2.66. The molecule has 4 aromatic heterocycles. The highest BCUT2D eigenvalue weighted by atomic mass is 32.5. The first-order chi connectivity index (χ1) is 21.7. The molecule has 3 saturated heterocycles. The molecule has 8 N–H and O–H groups in total. The zero-order valence-corrected chi connectivity index (χ0v) is 26.4. The van der Waals surface area contributed by atoms with Gasteiger partial charge in [0, 0.05) is 0 Å². The van der Waals surface area contributed by atoms with E-state index in [-0.39, 0.29) is 40.7 Å². The van der Waals surface area contributed by atoms with E-state index in [1.807, 2.05) is 0 Å². The number of imidazole rings is 2. The van der Waals surface area contributed by atoms with Crippen LogP contribution in [-0.4, -0.2) is 109 Å². The van der Waals surface area contributed by atoms with Crippen molar-refractivity contribution in [2.75, 3.05) is 31.3 Å². The molecule has 3 aliphatic rings. The second-order valence-corrected chi connectivity index (χ2v) is 16.1. The van der Waals surface area contributed by atoms with Crippen molar-refractivity contribution >= 4 is 71.4 Å². The Bertz CT molecular complexity index is 1980. The molecular weight excluding hydrogens is 700 g/mol. The average Bonchev–Trinajstić information content (AvgIpc) is 3.78. The van der Waals surface area contributed by atoms with Gasteiger partial charge in [-0.25, -0.2) is 28.7 Å². The summed E-state index contributed by atoms with van der Waals surface area (Å²) in [6, 6.07) is 0. The fourth-order valence-electron chi connectivity index (χ4n) is 5.81. The number of hydrogen-bond donors (Lipinski definition) is 6. The number of nitrogens with two attached hydrogens (primary N) is 2. The number of H-pyrrole nitrogens is 1. The lowest BCUT2D eigenvalue weighted by atomic mass is 10.0. The Kier molecular flexibility index (Phi) is 7.78. The Morgan fingerprint density at radius 3 is 2.63 bits per heavy atom. The number of aromatic amines is 1. The Balaban J connectivity index is 1.20. The molecule has 2 bridgehead atoms. The third-order valence-corrected chi connectivity index (χ3v) is 11.6. The number of ether oxygens (including phenoxy) is 3. The molecule has 248 valence electrons. The number of anilines is 2. The second-order valence-electron chi connectivity index (χ2n) is 10.7. The largest absolute Gasteiger partial charge is 0.387 e. The van der Waals surface area contributed by atoms with Crippen molar-refractivity contribution in [1.82, 2.24) is 39.0 Å². The predicted octanol–water partition coefficient (Wildman–Crippen LogP) is -1.11. The van der Waals surface area contributed by atoms with Gasteiger partial charge in [0.15, 0.2) is 48.7 Å². The van der Waals surface area contributed by atoms with Crippen molar-refractivity contribution in [3.63, 3.8) is 0 Å². The molecule has 4 aromatic rings. The molecule has 0 radical (unpaired) electrons. The smallest absolute Gasteiger partial charge is 0.292 e. The highest BCUT2D eigenvalue weighted by Crippen LogP contribution is 2.63. The summed E-state index contributed by atoms with van der Waals surface area (Å²) in [6.07, 6.45) is -3.60. The van der Waals surface area contributed by atoms with Crippen LogP contribution in [-0.2, 0) is 46.9 Å². The van der Waals surface area contributed by atoms with Gasteiger partial charge in [0.1, 0.15) is 41.4 Å². The van der Waals surface area contributed by atoms with E-state index in [0.29, 0.717) is 0 Å². The van der Waals surface area contributed by atoms with Crippen LogP contribution in [0, 0.1) is 0 Å². The molecule has 3 aliphatic heterocycles. The van der Waals surface area contributed by atoms with E-state index in [2.05, 4.69) is 41.7 Å². The van der Waals surface area contributed by atoms with E-state index in [9.17, 15) is 19.7 Å². The lowest BCUT2D eigenvalue weighted by Gasteiger charge is -2.35. The lowest BCUT2D eigenvalue weighted by molar-refractivity contribution is -0.182. The number of halogens is 2. The van der Waals surface area contributed by atoms with Gasteiger partial charge in [-0.15, -0.1) is 0 Å². The summed E-state index contributed by atoms with van der Waals surface area (Å²) >= 11 is 9.96. The number of aliphatic hydroxyl groups is 1. The normalized spacial score (nSPS) is 32.4. The summed E-state index contributed by atoms with van der Waals surface area (Å²) in [5, 5.41) is 11.2. The van der Waals surface area contributed by atoms with Crippen molar-refractivity contribution in [1.29, 1.82) is 0 Å². The number of nitrogens with one attached hydrogen (secondary N) is 1. The van der Waals surface area contributed by atoms with Gasteiger partial charge in [0.2, 0.25) is 5.95 Å². The van der Waals surface area contributed by atoms with E-state index in [1.54, 1.807) is 0 Å². The van der Waals surface area contributed by atoms with Crippen LogP contribution in [0.1, 0.15) is 12.5 Å². The Morgan fingerprint density at radius 1 is 1.17 bits per heavy atom. The summed E-state index contributed by atoms with van der Waals surface area (Å²) in [6.45, 7) is -6.43. The number of aromatic nitrogens is 8. The monoisotopic (exact) mass is 724 g/mol. The van der Waals surface area contributed by atoms with Gasteiger partial charge in [-0.2, -0.15) is 4.98 Å². The molecule has 0 aliphatic carbocycles. The maximum absolute atomic E-state index is 16.1. The Morgan fingerprint density at radius 2 is 1.89 bits per heavy atom. The molecular formula is C21H24F2N10O9P2S2. The number of nitrogen functional groups attached to an aromatic ring is 2. The van der Waals surface area contributed by atoms with Crippen LogP contribution in [0.3, 0.4) is 0 Å². The standard InChI is InChI=1S/C21H24F2N10O9P2S2/c22-21(23)7(1-39-43(36)45)41-18(33-6-29-9-15(33)30-19(25)31-16(9)35)12(21)44(37,46)40-3-20-2-38-10(11(20)34)17(42-20)32-5-28-8-13(24)26-4-27-14(8)32/h4-7,10-12,17-18,34,43H,1-3H2,(H,36,45)(H,37,46)(H2,24,26,27)(H3,25,30,31,35)/t7-,10-,11+,12+,17-,18-,20-,44?/m1/s1. The maximum atomic E-state index is 16.1. The van der Waals surface area contributed by atoms with E-state index >= 15 is 8.78 Å². The number of aliphatic hydroxyl groups excluding tert-OH is 1. The van der Waals surface area contributed by atoms with Crippen LogP contribution >= 0.6 is 13.6 Å². The molecule has 0 spiro atoms. The van der Waals surface area contributed by atoms with E-state index in [4.69, 9.17) is 46.5 Å². The van der Waals surface area contributed by atoms with Crippen LogP contribution < -0.4 is 17.0 Å². The number of hydrogen-bond acceptors (Lipinski definition) is 16. The molecule has 3 fully saturated rings. The van der Waals surface area contributed by atoms with Gasteiger partial charge in [-0.1, -0.05) is 0 Å². The predicted molar refractivity (Wildman–Crippen MR) is 160 cm³/mol. The average molecular weight is 725 g/mol.